The Morgan fingerprint density at radius 3 is 2.74 bits per heavy atom. The Hall–Kier alpha value is -2.02. The lowest BCUT2D eigenvalue weighted by Crippen LogP contribution is -2.02. The molecule has 1 N–H and O–H groups in total. The molecule has 1 aromatic carbocycles. The number of nitrogens with zero attached hydrogens (tertiary/aromatic N) is 1. The van der Waals surface area contributed by atoms with E-state index in [1.165, 1.54) is 23.5 Å². The number of thiophene rings is 1. The fourth-order valence-electron chi connectivity index (χ4n) is 1.60. The van der Waals surface area contributed by atoms with Gasteiger partial charge in [-0.05, 0) is 17.5 Å². The van der Waals surface area contributed by atoms with E-state index >= 15 is 0 Å². The summed E-state index contributed by atoms with van der Waals surface area (Å²) in [5.41, 5.74) is -0.475. The highest BCUT2D eigenvalue weighted by Gasteiger charge is 2.17. The van der Waals surface area contributed by atoms with Crippen LogP contribution in [0.5, 0.6) is 0 Å². The van der Waals surface area contributed by atoms with Crippen LogP contribution in [0.2, 0.25) is 0 Å². The normalized spacial score (nSPS) is 10.7. The Bertz CT molecular complexity index is 573. The number of nitrogens with one attached hydrogen (secondary N) is 1. The number of hydrogen-bond donors (Lipinski definition) is 1. The number of benzene rings is 1. The molecule has 0 spiro atoms. The zero-order valence-corrected chi connectivity index (χ0v) is 10.5. The van der Waals surface area contributed by atoms with E-state index in [2.05, 4.69) is 5.32 Å². The van der Waals surface area contributed by atoms with Crippen LogP contribution in [0, 0.1) is 10.1 Å². The summed E-state index contributed by atoms with van der Waals surface area (Å²) in [4.78, 5) is 10.9. The molecule has 0 aliphatic rings. The summed E-state index contributed by atoms with van der Waals surface area (Å²) in [7, 11) is 0. The Morgan fingerprint density at radius 2 is 2.16 bits per heavy atom. The predicted molar refractivity (Wildman–Crippen MR) is 69.7 cm³/mol. The molecule has 0 atom stereocenters. The van der Waals surface area contributed by atoms with Crippen molar-refractivity contribution in [1.82, 2.24) is 0 Å². The van der Waals surface area contributed by atoms with Gasteiger partial charge in [0.25, 0.3) is 12.1 Å². The molecule has 19 heavy (non-hydrogen) atoms. The highest BCUT2D eigenvalue weighted by atomic mass is 32.1. The summed E-state index contributed by atoms with van der Waals surface area (Å²) in [6, 6.07) is 7.17. The molecule has 100 valence electrons. The van der Waals surface area contributed by atoms with E-state index in [0.29, 0.717) is 6.54 Å². The minimum Gasteiger partial charge on any atom is -0.380 e. The van der Waals surface area contributed by atoms with Crippen LogP contribution < -0.4 is 5.32 Å². The van der Waals surface area contributed by atoms with Crippen molar-refractivity contribution >= 4 is 22.7 Å². The van der Waals surface area contributed by atoms with E-state index in [1.54, 1.807) is 0 Å². The van der Waals surface area contributed by atoms with Gasteiger partial charge in [0.1, 0.15) is 0 Å². The van der Waals surface area contributed by atoms with Crippen molar-refractivity contribution in [1.29, 1.82) is 0 Å². The maximum absolute atomic E-state index is 12.9. The van der Waals surface area contributed by atoms with E-state index in [9.17, 15) is 18.9 Å². The van der Waals surface area contributed by atoms with E-state index in [0.717, 1.165) is 10.9 Å². The monoisotopic (exact) mass is 284 g/mol. The number of nitro benzene ring substituents is 1. The number of hydrogen-bond acceptors (Lipinski definition) is 4. The minimum absolute atomic E-state index is 0.217. The summed E-state index contributed by atoms with van der Waals surface area (Å²) in [5, 5.41) is 15.3. The highest BCUT2D eigenvalue weighted by Crippen LogP contribution is 2.31. The maximum Gasteiger partial charge on any atom is 0.270 e. The summed E-state index contributed by atoms with van der Waals surface area (Å²) in [5.74, 6) is 0. The lowest BCUT2D eigenvalue weighted by molar-refractivity contribution is -0.385. The van der Waals surface area contributed by atoms with Gasteiger partial charge in [-0.3, -0.25) is 10.1 Å². The van der Waals surface area contributed by atoms with Crippen LogP contribution in [-0.2, 0) is 6.54 Å². The van der Waals surface area contributed by atoms with Gasteiger partial charge in [0.05, 0.1) is 4.92 Å². The summed E-state index contributed by atoms with van der Waals surface area (Å²) >= 11 is 1.51. The molecular weight excluding hydrogens is 274 g/mol. The molecule has 0 aliphatic heterocycles. The second-order valence-electron chi connectivity index (χ2n) is 3.76. The lowest BCUT2D eigenvalue weighted by Gasteiger charge is -2.10. The van der Waals surface area contributed by atoms with Crippen LogP contribution in [0.3, 0.4) is 0 Å². The first-order valence-electron chi connectivity index (χ1n) is 5.40. The van der Waals surface area contributed by atoms with Crippen LogP contribution >= 0.6 is 11.3 Å². The van der Waals surface area contributed by atoms with Crippen molar-refractivity contribution in [2.75, 3.05) is 5.32 Å². The number of anilines is 1. The maximum atomic E-state index is 12.9. The van der Waals surface area contributed by atoms with Crippen LogP contribution in [0.1, 0.15) is 16.9 Å². The Balaban J connectivity index is 2.21. The number of halogens is 2. The molecule has 1 heterocycles. The average Bonchev–Trinajstić information content (AvgIpc) is 2.89. The number of alkyl halides is 2. The molecule has 0 bridgehead atoms. The quantitative estimate of drug-likeness (QED) is 0.661. The van der Waals surface area contributed by atoms with Crippen LogP contribution in [0.4, 0.5) is 20.2 Å². The molecule has 0 radical (unpaired) electrons. The number of non-ortho nitro benzene ring substituents is 1. The average molecular weight is 284 g/mol. The van der Waals surface area contributed by atoms with Crippen LogP contribution in [0.25, 0.3) is 0 Å². The standard InChI is InChI=1S/C12H10F2N2O2S/c13-12(14)10-6-8(16(17)18)3-4-11(10)15-7-9-2-1-5-19-9/h1-6,12,15H,7H2. The molecule has 0 unspecified atom stereocenters. The van der Waals surface area contributed by atoms with Gasteiger partial charge in [0.2, 0.25) is 0 Å². The van der Waals surface area contributed by atoms with Gasteiger partial charge in [-0.1, -0.05) is 6.07 Å². The third-order valence-corrected chi connectivity index (χ3v) is 3.39. The van der Waals surface area contributed by atoms with E-state index < -0.39 is 11.3 Å². The van der Waals surface area contributed by atoms with E-state index in [-0.39, 0.29) is 16.9 Å². The SMILES string of the molecule is O=[N+]([O-])c1ccc(NCc2cccs2)c(C(F)F)c1. The van der Waals surface area contributed by atoms with E-state index in [1.807, 2.05) is 17.5 Å². The van der Waals surface area contributed by atoms with Crippen molar-refractivity contribution in [3.63, 3.8) is 0 Å². The smallest absolute Gasteiger partial charge is 0.270 e. The first kappa shape index (κ1) is 13.4. The van der Waals surface area contributed by atoms with Crippen molar-refractivity contribution < 1.29 is 13.7 Å². The molecule has 4 nitrogen and oxygen atoms in total. The predicted octanol–water partition coefficient (Wildman–Crippen LogP) is 4.21. The first-order chi connectivity index (χ1) is 9.08. The van der Waals surface area contributed by atoms with Gasteiger partial charge in [-0.2, -0.15) is 0 Å². The lowest BCUT2D eigenvalue weighted by atomic mass is 10.1. The molecule has 0 fully saturated rings. The molecule has 0 aliphatic carbocycles. The Morgan fingerprint density at radius 1 is 1.37 bits per heavy atom. The fourth-order valence-corrected chi connectivity index (χ4v) is 2.25. The zero-order valence-electron chi connectivity index (χ0n) is 9.68. The van der Waals surface area contributed by atoms with E-state index in [4.69, 9.17) is 0 Å². The third kappa shape index (κ3) is 3.25. The van der Waals surface area contributed by atoms with Crippen molar-refractivity contribution in [3.05, 3.63) is 56.3 Å². The van der Waals surface area contributed by atoms with Gasteiger partial charge in [-0.25, -0.2) is 8.78 Å². The third-order valence-electron chi connectivity index (χ3n) is 2.51. The van der Waals surface area contributed by atoms with Gasteiger partial charge >= 0.3 is 0 Å². The van der Waals surface area contributed by atoms with Crippen molar-refractivity contribution in [2.24, 2.45) is 0 Å². The molecule has 1 aromatic heterocycles. The summed E-state index contributed by atoms with van der Waals surface area (Å²) in [6.07, 6.45) is -2.76. The number of nitro groups is 1. The second-order valence-corrected chi connectivity index (χ2v) is 4.79. The topological polar surface area (TPSA) is 55.2 Å². The zero-order chi connectivity index (χ0) is 13.8. The van der Waals surface area contributed by atoms with Crippen LogP contribution in [0.15, 0.2) is 35.7 Å². The van der Waals surface area contributed by atoms with Gasteiger partial charge < -0.3 is 5.32 Å². The molecule has 7 heteroatoms. The summed E-state index contributed by atoms with van der Waals surface area (Å²) in [6.45, 7) is 0.412. The van der Waals surface area contributed by atoms with Gasteiger partial charge in [0.15, 0.2) is 0 Å². The van der Waals surface area contributed by atoms with Gasteiger partial charge in [0, 0.05) is 34.8 Å². The Kier molecular flexibility index (Phi) is 4.06. The summed E-state index contributed by atoms with van der Waals surface area (Å²) < 4.78 is 25.8. The molecule has 2 rings (SSSR count). The van der Waals surface area contributed by atoms with Crippen LogP contribution in [-0.4, -0.2) is 4.92 Å². The molecule has 0 saturated heterocycles. The Labute approximate surface area is 111 Å². The van der Waals surface area contributed by atoms with Gasteiger partial charge in [-0.15, -0.1) is 11.3 Å². The first-order valence-corrected chi connectivity index (χ1v) is 6.28. The molecule has 0 saturated carbocycles. The largest absolute Gasteiger partial charge is 0.380 e. The molecule has 2 aromatic rings. The fraction of sp³-hybridized carbons (Fsp3) is 0.167. The number of rotatable bonds is 5. The second kappa shape index (κ2) is 5.75. The highest BCUT2D eigenvalue weighted by molar-refractivity contribution is 7.09. The molecular formula is C12H10F2N2O2S. The minimum atomic E-state index is -2.76. The van der Waals surface area contributed by atoms with Crippen molar-refractivity contribution in [3.8, 4) is 0 Å². The molecule has 0 amide bonds. The van der Waals surface area contributed by atoms with Crippen molar-refractivity contribution in [2.45, 2.75) is 13.0 Å².